The maximum Gasteiger partial charge on any atom is 0.226 e. The number of amides is 1. The molecule has 3 saturated heterocycles. The Morgan fingerprint density at radius 1 is 1.10 bits per heavy atom. The molecule has 3 heterocycles. The molecule has 3 aliphatic rings. The van der Waals surface area contributed by atoms with Crippen molar-refractivity contribution in [2.24, 2.45) is 5.92 Å². The van der Waals surface area contributed by atoms with Gasteiger partial charge in [0.25, 0.3) is 0 Å². The van der Waals surface area contributed by atoms with Crippen LogP contribution in [0.5, 0.6) is 0 Å². The summed E-state index contributed by atoms with van der Waals surface area (Å²) in [5.74, 6) is 0.723. The monoisotopic (exact) mass is 420 g/mol. The average Bonchev–Trinajstić information content (AvgIpc) is 2.79. The first kappa shape index (κ1) is 21.0. The van der Waals surface area contributed by atoms with E-state index in [4.69, 9.17) is 11.6 Å². The van der Waals surface area contributed by atoms with Crippen molar-refractivity contribution in [2.45, 2.75) is 38.6 Å². The van der Waals surface area contributed by atoms with Crippen LogP contribution < -0.4 is 14.7 Å². The van der Waals surface area contributed by atoms with E-state index in [2.05, 4.69) is 28.9 Å². The van der Waals surface area contributed by atoms with Gasteiger partial charge in [-0.1, -0.05) is 17.7 Å². The van der Waals surface area contributed by atoms with Crippen molar-refractivity contribution in [1.82, 2.24) is 4.90 Å². The third kappa shape index (κ3) is 5.07. The third-order valence-electron chi connectivity index (χ3n) is 7.43. The summed E-state index contributed by atoms with van der Waals surface area (Å²) < 4.78 is 0. The molecular weight excluding hydrogens is 384 g/mol. The predicted molar refractivity (Wildman–Crippen MR) is 118 cm³/mol. The number of quaternary nitrogens is 2. The molecule has 0 bridgehead atoms. The number of benzene rings is 1. The zero-order valence-corrected chi connectivity index (χ0v) is 18.6. The number of hydrogen-bond donors (Lipinski definition) is 2. The number of halogens is 1. The van der Waals surface area contributed by atoms with E-state index in [1.807, 2.05) is 12.1 Å². The zero-order valence-electron chi connectivity index (χ0n) is 17.8. The Balaban J connectivity index is 1.28. The van der Waals surface area contributed by atoms with E-state index in [-0.39, 0.29) is 5.92 Å². The molecule has 5 nitrogen and oxygen atoms in total. The van der Waals surface area contributed by atoms with Gasteiger partial charge in [0, 0.05) is 42.4 Å². The largest absolute Gasteiger partial charge is 0.360 e. The Hall–Kier alpha value is -1.30. The highest BCUT2D eigenvalue weighted by atomic mass is 35.5. The summed E-state index contributed by atoms with van der Waals surface area (Å²) in [5.41, 5.74) is 1.23. The smallest absolute Gasteiger partial charge is 0.226 e. The normalized spacial score (nSPS) is 29.1. The molecule has 1 aromatic carbocycles. The molecule has 1 amide bonds. The third-order valence-corrected chi connectivity index (χ3v) is 7.67. The minimum absolute atomic E-state index is 0.277. The Labute approximate surface area is 180 Å². The first-order chi connectivity index (χ1) is 14.1. The van der Waals surface area contributed by atoms with E-state index < -0.39 is 0 Å². The maximum atomic E-state index is 13.1. The van der Waals surface area contributed by atoms with Gasteiger partial charge in [0.15, 0.2) is 0 Å². The summed E-state index contributed by atoms with van der Waals surface area (Å²) in [6, 6.07) is 8.81. The number of piperidine rings is 2. The molecule has 29 heavy (non-hydrogen) atoms. The van der Waals surface area contributed by atoms with Crippen LogP contribution in [0, 0.1) is 5.92 Å². The topological polar surface area (TPSA) is 32.4 Å². The van der Waals surface area contributed by atoms with Gasteiger partial charge in [-0.2, -0.15) is 0 Å². The number of hydrogen-bond acceptors (Lipinski definition) is 2. The number of likely N-dealkylation sites (tertiary alicyclic amines) is 2. The number of nitrogens with zero attached hydrogens (tertiary/aromatic N) is 2. The van der Waals surface area contributed by atoms with Crippen molar-refractivity contribution in [1.29, 1.82) is 0 Å². The Bertz CT molecular complexity index is 683. The van der Waals surface area contributed by atoms with Gasteiger partial charge in [0.05, 0.1) is 52.4 Å². The fourth-order valence-electron chi connectivity index (χ4n) is 5.53. The lowest BCUT2D eigenvalue weighted by Crippen LogP contribution is -3.19. The number of carbonyl (C=O) groups excluding carboxylic acids is 1. The van der Waals surface area contributed by atoms with Crippen LogP contribution in [0.15, 0.2) is 24.3 Å². The standard InChI is InChI=1S/C23H35ClN4O/c1-2-25-11-8-19(9-12-25)23(29)28-10-4-7-22(18-28)27-15-13-26(14-16-27)21-6-3-5-20(24)17-21/h3,5-6,17,19,22H,2,4,7-16,18H2,1H3/p+2. The minimum Gasteiger partial charge on any atom is -0.360 e. The van der Waals surface area contributed by atoms with E-state index in [9.17, 15) is 4.79 Å². The lowest BCUT2D eigenvalue weighted by molar-refractivity contribution is -0.926. The first-order valence-electron chi connectivity index (χ1n) is 11.6. The highest BCUT2D eigenvalue weighted by Gasteiger charge is 2.36. The van der Waals surface area contributed by atoms with Crippen LogP contribution in [0.3, 0.4) is 0 Å². The number of piperazine rings is 1. The van der Waals surface area contributed by atoms with Crippen molar-refractivity contribution < 1.29 is 14.6 Å². The number of rotatable bonds is 4. The molecule has 1 aromatic rings. The van der Waals surface area contributed by atoms with Gasteiger partial charge in [0.2, 0.25) is 5.91 Å². The fraction of sp³-hybridized carbons (Fsp3) is 0.696. The molecule has 3 aliphatic heterocycles. The highest BCUT2D eigenvalue weighted by Crippen LogP contribution is 2.20. The van der Waals surface area contributed by atoms with Crippen LogP contribution in [0.25, 0.3) is 0 Å². The molecule has 4 rings (SSSR count). The predicted octanol–water partition coefficient (Wildman–Crippen LogP) is 0.351. The first-order valence-corrected chi connectivity index (χ1v) is 12.0. The molecule has 0 aliphatic carbocycles. The van der Waals surface area contributed by atoms with Gasteiger partial charge in [-0.05, 0) is 31.5 Å². The van der Waals surface area contributed by atoms with E-state index >= 15 is 0 Å². The summed E-state index contributed by atoms with van der Waals surface area (Å²) in [6.45, 7) is 12.1. The maximum absolute atomic E-state index is 13.1. The minimum atomic E-state index is 0.277. The second-order valence-electron chi connectivity index (χ2n) is 9.13. The summed E-state index contributed by atoms with van der Waals surface area (Å²) in [6.07, 6.45) is 4.58. The molecule has 160 valence electrons. The number of carbonyl (C=O) groups is 1. The van der Waals surface area contributed by atoms with Crippen LogP contribution in [0.4, 0.5) is 5.69 Å². The number of nitrogens with one attached hydrogen (secondary N) is 2. The van der Waals surface area contributed by atoms with E-state index in [0.717, 1.165) is 63.6 Å². The molecule has 0 aromatic heterocycles. The van der Waals surface area contributed by atoms with Gasteiger partial charge in [-0.3, -0.25) is 4.79 Å². The second-order valence-corrected chi connectivity index (χ2v) is 9.56. The Morgan fingerprint density at radius 3 is 2.55 bits per heavy atom. The van der Waals surface area contributed by atoms with Gasteiger partial charge in [-0.25, -0.2) is 0 Å². The molecule has 1 atom stereocenters. The van der Waals surface area contributed by atoms with E-state index in [1.165, 1.54) is 31.7 Å². The molecular formula is C23H37ClN4O+2. The van der Waals surface area contributed by atoms with Gasteiger partial charge in [0.1, 0.15) is 6.04 Å². The van der Waals surface area contributed by atoms with Crippen molar-refractivity contribution in [3.05, 3.63) is 29.3 Å². The SMILES string of the molecule is CC[NH+]1CCC(C(=O)N2CCCC([NH+]3CCN(c4cccc(Cl)c4)CC3)C2)CC1. The van der Waals surface area contributed by atoms with Gasteiger partial charge >= 0.3 is 0 Å². The molecule has 3 fully saturated rings. The molecule has 1 unspecified atom stereocenters. The summed E-state index contributed by atoms with van der Waals surface area (Å²) in [7, 11) is 0. The lowest BCUT2D eigenvalue weighted by Gasteiger charge is -2.42. The van der Waals surface area contributed by atoms with E-state index in [0.29, 0.717) is 11.9 Å². The molecule has 0 radical (unpaired) electrons. The zero-order chi connectivity index (χ0) is 20.2. The average molecular weight is 421 g/mol. The van der Waals surface area contributed by atoms with Crippen LogP contribution in [0.1, 0.15) is 32.6 Å². The quantitative estimate of drug-likeness (QED) is 0.736. The Kier molecular flexibility index (Phi) is 6.99. The summed E-state index contributed by atoms with van der Waals surface area (Å²) in [5, 5.41) is 0.810. The van der Waals surface area contributed by atoms with Crippen molar-refractivity contribution in [3.8, 4) is 0 Å². The highest BCUT2D eigenvalue weighted by molar-refractivity contribution is 6.30. The van der Waals surface area contributed by atoms with Gasteiger partial charge in [-0.15, -0.1) is 0 Å². The Morgan fingerprint density at radius 2 is 1.86 bits per heavy atom. The van der Waals surface area contributed by atoms with Crippen LogP contribution >= 0.6 is 11.6 Å². The fourth-order valence-corrected chi connectivity index (χ4v) is 5.71. The van der Waals surface area contributed by atoms with E-state index in [1.54, 1.807) is 9.80 Å². The molecule has 0 spiro atoms. The summed E-state index contributed by atoms with van der Waals surface area (Å²) >= 11 is 6.17. The molecule has 0 saturated carbocycles. The van der Waals surface area contributed by atoms with Gasteiger partial charge < -0.3 is 19.6 Å². The van der Waals surface area contributed by atoms with Crippen molar-refractivity contribution in [2.75, 3.05) is 63.8 Å². The van der Waals surface area contributed by atoms with Crippen LogP contribution in [0.2, 0.25) is 5.02 Å². The lowest BCUT2D eigenvalue weighted by atomic mass is 9.93. The number of anilines is 1. The van der Waals surface area contributed by atoms with Crippen molar-refractivity contribution in [3.63, 3.8) is 0 Å². The van der Waals surface area contributed by atoms with Crippen LogP contribution in [-0.2, 0) is 4.79 Å². The summed E-state index contributed by atoms with van der Waals surface area (Å²) in [4.78, 5) is 21.1. The molecule has 6 heteroatoms. The molecule has 2 N–H and O–H groups in total. The van der Waals surface area contributed by atoms with Crippen LogP contribution in [-0.4, -0.2) is 75.8 Å². The van der Waals surface area contributed by atoms with Crippen molar-refractivity contribution >= 4 is 23.2 Å². The second kappa shape index (κ2) is 9.67.